The maximum atomic E-state index is 12.7. The van der Waals surface area contributed by atoms with Crippen LogP contribution in [0.2, 0.25) is 0 Å². The lowest BCUT2D eigenvalue weighted by atomic mass is 10.1. The quantitative estimate of drug-likeness (QED) is 0.628. The van der Waals surface area contributed by atoms with Crippen molar-refractivity contribution in [1.29, 1.82) is 0 Å². The summed E-state index contributed by atoms with van der Waals surface area (Å²) in [7, 11) is 0. The Morgan fingerprint density at radius 1 is 1.09 bits per heavy atom. The van der Waals surface area contributed by atoms with E-state index in [-0.39, 0.29) is 11.8 Å². The van der Waals surface area contributed by atoms with E-state index in [1.54, 1.807) is 13.0 Å². The molecule has 0 radical (unpaired) electrons. The SMILES string of the molecule is CC(=O)N1CCCN(CCCCC(=O)Nc2cc(-c3ccc(C(F)(F)F)cc3)[nH]n2)CC1. The number of carbonyl (C=O) groups excluding carboxylic acids is 2. The van der Waals surface area contributed by atoms with Crippen molar-refractivity contribution in [1.82, 2.24) is 20.0 Å². The number of rotatable bonds is 7. The molecule has 0 atom stereocenters. The van der Waals surface area contributed by atoms with Gasteiger partial charge in [0, 0.05) is 39.0 Å². The van der Waals surface area contributed by atoms with Crippen LogP contribution in [0, 0.1) is 0 Å². The Morgan fingerprint density at radius 2 is 1.84 bits per heavy atom. The van der Waals surface area contributed by atoms with E-state index in [4.69, 9.17) is 0 Å². The van der Waals surface area contributed by atoms with Crippen LogP contribution in [0.25, 0.3) is 11.3 Å². The summed E-state index contributed by atoms with van der Waals surface area (Å²) in [6.45, 7) is 5.84. The Bertz CT molecular complexity index is 911. The van der Waals surface area contributed by atoms with Gasteiger partial charge in [0.1, 0.15) is 0 Å². The Morgan fingerprint density at radius 3 is 2.53 bits per heavy atom. The van der Waals surface area contributed by atoms with E-state index in [1.807, 2.05) is 4.90 Å². The van der Waals surface area contributed by atoms with Gasteiger partial charge in [-0.1, -0.05) is 12.1 Å². The molecule has 0 aliphatic carbocycles. The highest BCUT2D eigenvalue weighted by molar-refractivity contribution is 5.90. The van der Waals surface area contributed by atoms with E-state index in [1.165, 1.54) is 12.1 Å². The van der Waals surface area contributed by atoms with Crippen molar-refractivity contribution in [3.8, 4) is 11.3 Å². The van der Waals surface area contributed by atoms with Crippen LogP contribution in [0.5, 0.6) is 0 Å². The summed E-state index contributed by atoms with van der Waals surface area (Å²) in [4.78, 5) is 27.9. The van der Waals surface area contributed by atoms with Gasteiger partial charge < -0.3 is 15.1 Å². The molecule has 1 aliphatic rings. The standard InChI is InChI=1S/C22H28F3N5O2/c1-16(31)30-12-4-11-29(13-14-30)10-3-2-5-21(32)26-20-15-19(27-28-20)17-6-8-18(9-7-17)22(23,24)25/h6-9,15H,2-5,10-14H2,1H3,(H2,26,27,28,32). The van der Waals surface area contributed by atoms with Gasteiger partial charge in [-0.05, 0) is 50.0 Å². The molecule has 0 unspecified atom stereocenters. The third-order valence-corrected chi connectivity index (χ3v) is 5.53. The second-order valence-corrected chi connectivity index (χ2v) is 7.95. The van der Waals surface area contributed by atoms with Crippen LogP contribution in [0.4, 0.5) is 19.0 Å². The zero-order valence-corrected chi connectivity index (χ0v) is 18.0. The molecular formula is C22H28F3N5O2. The Hall–Kier alpha value is -2.88. The number of hydrogen-bond acceptors (Lipinski definition) is 4. The normalized spacial score (nSPS) is 15.4. The molecule has 1 saturated heterocycles. The lowest BCUT2D eigenvalue weighted by molar-refractivity contribution is -0.137. The summed E-state index contributed by atoms with van der Waals surface area (Å²) in [6, 6.07) is 6.34. The van der Waals surface area contributed by atoms with Crippen LogP contribution in [0.1, 0.15) is 38.2 Å². The number of nitrogens with one attached hydrogen (secondary N) is 2. The number of alkyl halides is 3. The summed E-state index contributed by atoms with van der Waals surface area (Å²) in [5.41, 5.74) is 0.354. The van der Waals surface area contributed by atoms with Crippen LogP contribution < -0.4 is 5.32 Å². The molecular weight excluding hydrogens is 423 g/mol. The number of hydrogen-bond donors (Lipinski definition) is 2. The van der Waals surface area contributed by atoms with Crippen LogP contribution >= 0.6 is 0 Å². The van der Waals surface area contributed by atoms with Gasteiger partial charge in [-0.3, -0.25) is 14.7 Å². The molecule has 3 rings (SSSR count). The first kappa shape index (κ1) is 23.8. The molecule has 0 bridgehead atoms. The molecule has 174 valence electrons. The van der Waals surface area contributed by atoms with Crippen LogP contribution in [0.15, 0.2) is 30.3 Å². The number of benzene rings is 1. The minimum Gasteiger partial charge on any atom is -0.342 e. The number of anilines is 1. The van der Waals surface area contributed by atoms with Crippen molar-refractivity contribution in [2.45, 2.75) is 38.8 Å². The van der Waals surface area contributed by atoms with E-state index in [2.05, 4.69) is 20.4 Å². The van der Waals surface area contributed by atoms with Gasteiger partial charge in [-0.15, -0.1) is 0 Å². The third-order valence-electron chi connectivity index (χ3n) is 5.53. The summed E-state index contributed by atoms with van der Waals surface area (Å²) in [6.07, 6.45) is -1.45. The van der Waals surface area contributed by atoms with E-state index in [0.29, 0.717) is 23.5 Å². The number of amides is 2. The highest BCUT2D eigenvalue weighted by Crippen LogP contribution is 2.30. The Balaban J connectivity index is 1.39. The number of aromatic nitrogens is 2. The molecule has 0 saturated carbocycles. The van der Waals surface area contributed by atoms with Gasteiger partial charge in [-0.25, -0.2) is 0 Å². The molecule has 32 heavy (non-hydrogen) atoms. The molecule has 7 nitrogen and oxygen atoms in total. The number of halogens is 3. The van der Waals surface area contributed by atoms with E-state index in [9.17, 15) is 22.8 Å². The minimum absolute atomic E-state index is 0.114. The lowest BCUT2D eigenvalue weighted by Gasteiger charge is -2.20. The number of aromatic amines is 1. The van der Waals surface area contributed by atoms with Crippen LogP contribution in [0.3, 0.4) is 0 Å². The fourth-order valence-corrected chi connectivity index (χ4v) is 3.71. The third kappa shape index (κ3) is 6.81. The zero-order valence-electron chi connectivity index (χ0n) is 18.0. The zero-order chi connectivity index (χ0) is 23.1. The second-order valence-electron chi connectivity index (χ2n) is 7.95. The number of carbonyl (C=O) groups is 2. The predicted molar refractivity (Wildman–Crippen MR) is 115 cm³/mol. The molecule has 2 aromatic rings. The van der Waals surface area contributed by atoms with E-state index >= 15 is 0 Å². The molecule has 2 N–H and O–H groups in total. The topological polar surface area (TPSA) is 81.3 Å². The van der Waals surface area contributed by atoms with Gasteiger partial charge in [0.25, 0.3) is 0 Å². The fourth-order valence-electron chi connectivity index (χ4n) is 3.71. The fraction of sp³-hybridized carbons (Fsp3) is 0.500. The van der Waals surface area contributed by atoms with Gasteiger partial charge in [0.05, 0.1) is 11.3 Å². The summed E-state index contributed by atoms with van der Waals surface area (Å²) in [5.74, 6) is 0.291. The summed E-state index contributed by atoms with van der Waals surface area (Å²) >= 11 is 0. The van der Waals surface area contributed by atoms with E-state index in [0.717, 1.165) is 64.1 Å². The molecule has 1 aromatic heterocycles. The first-order chi connectivity index (χ1) is 15.2. The molecule has 2 heterocycles. The number of nitrogens with zero attached hydrogens (tertiary/aromatic N) is 3. The molecule has 1 fully saturated rings. The predicted octanol–water partition coefficient (Wildman–Crippen LogP) is 3.76. The number of unbranched alkanes of at least 4 members (excludes halogenated alkanes) is 1. The molecule has 10 heteroatoms. The highest BCUT2D eigenvalue weighted by Gasteiger charge is 2.30. The first-order valence-corrected chi connectivity index (χ1v) is 10.7. The lowest BCUT2D eigenvalue weighted by Crippen LogP contribution is -2.34. The van der Waals surface area contributed by atoms with Crippen LogP contribution in [-0.4, -0.2) is 64.5 Å². The van der Waals surface area contributed by atoms with Gasteiger partial charge in [-0.2, -0.15) is 18.3 Å². The van der Waals surface area contributed by atoms with Gasteiger partial charge in [0.2, 0.25) is 11.8 Å². The smallest absolute Gasteiger partial charge is 0.342 e. The molecule has 1 aliphatic heterocycles. The van der Waals surface area contributed by atoms with Crippen molar-refractivity contribution in [2.24, 2.45) is 0 Å². The summed E-state index contributed by atoms with van der Waals surface area (Å²) in [5, 5.41) is 9.47. The Labute approximate surface area is 185 Å². The van der Waals surface area contributed by atoms with Crippen molar-refractivity contribution >= 4 is 17.6 Å². The van der Waals surface area contributed by atoms with Crippen LogP contribution in [-0.2, 0) is 15.8 Å². The summed E-state index contributed by atoms with van der Waals surface area (Å²) < 4.78 is 38.0. The molecule has 0 spiro atoms. The maximum absolute atomic E-state index is 12.7. The maximum Gasteiger partial charge on any atom is 0.416 e. The average Bonchev–Trinajstić information content (AvgIpc) is 3.06. The Kier molecular flexibility index (Phi) is 7.89. The molecule has 2 amide bonds. The monoisotopic (exact) mass is 451 g/mol. The molecule has 1 aromatic carbocycles. The van der Waals surface area contributed by atoms with Crippen molar-refractivity contribution < 1.29 is 22.8 Å². The second kappa shape index (κ2) is 10.6. The van der Waals surface area contributed by atoms with Crippen molar-refractivity contribution in [3.63, 3.8) is 0 Å². The first-order valence-electron chi connectivity index (χ1n) is 10.7. The average molecular weight is 451 g/mol. The van der Waals surface area contributed by atoms with Gasteiger partial charge >= 0.3 is 6.18 Å². The number of H-pyrrole nitrogens is 1. The largest absolute Gasteiger partial charge is 0.416 e. The minimum atomic E-state index is -4.38. The van der Waals surface area contributed by atoms with Crippen molar-refractivity contribution in [2.75, 3.05) is 38.0 Å². The van der Waals surface area contributed by atoms with E-state index < -0.39 is 11.7 Å². The highest BCUT2D eigenvalue weighted by atomic mass is 19.4. The van der Waals surface area contributed by atoms with Gasteiger partial charge in [0.15, 0.2) is 5.82 Å². The van der Waals surface area contributed by atoms with Crippen molar-refractivity contribution in [3.05, 3.63) is 35.9 Å².